The highest BCUT2D eigenvalue weighted by atomic mass is 79.9. The summed E-state index contributed by atoms with van der Waals surface area (Å²) in [6.45, 7) is 6.76. The Labute approximate surface area is 128 Å². The molecule has 0 bridgehead atoms. The second-order valence-corrected chi connectivity index (χ2v) is 6.02. The number of rotatable bonds is 4. The molecule has 1 heterocycles. The van der Waals surface area contributed by atoms with Crippen molar-refractivity contribution in [1.29, 1.82) is 0 Å². The third-order valence-corrected chi connectivity index (χ3v) is 3.62. The van der Waals surface area contributed by atoms with Gasteiger partial charge in [-0.05, 0) is 48.2 Å². The Hall–Kier alpha value is -1.39. The van der Waals surface area contributed by atoms with Gasteiger partial charge in [0.2, 0.25) is 5.88 Å². The number of ether oxygens (including phenoxy) is 1. The van der Waals surface area contributed by atoms with Gasteiger partial charge in [-0.2, -0.15) is 0 Å². The van der Waals surface area contributed by atoms with Crippen molar-refractivity contribution in [2.24, 2.45) is 5.73 Å². The second kappa shape index (κ2) is 6.37. The van der Waals surface area contributed by atoms with Crippen molar-refractivity contribution in [2.75, 3.05) is 0 Å². The summed E-state index contributed by atoms with van der Waals surface area (Å²) in [6.07, 6.45) is 1.76. The van der Waals surface area contributed by atoms with E-state index in [-0.39, 0.29) is 0 Å². The summed E-state index contributed by atoms with van der Waals surface area (Å²) in [6, 6.07) is 8.04. The minimum atomic E-state index is 0.381. The van der Waals surface area contributed by atoms with E-state index in [2.05, 4.69) is 40.8 Å². The lowest BCUT2D eigenvalue weighted by molar-refractivity contribution is 0.450. The molecule has 0 amide bonds. The number of halogens is 1. The zero-order valence-electron chi connectivity index (χ0n) is 12.0. The van der Waals surface area contributed by atoms with Crippen LogP contribution in [0.5, 0.6) is 11.6 Å². The van der Waals surface area contributed by atoms with Gasteiger partial charge in [0, 0.05) is 22.8 Å². The Morgan fingerprint density at radius 1 is 1.30 bits per heavy atom. The standard InChI is InChI=1S/C16H19BrN2O/c1-10(2)14-7-13(17)4-5-15(14)20-16-11(3)6-12(8-18)9-19-16/h4-7,9-10H,8,18H2,1-3H3. The molecule has 20 heavy (non-hydrogen) atoms. The Bertz CT molecular complexity index is 611. The number of nitrogens with zero attached hydrogens (tertiary/aromatic N) is 1. The molecule has 4 heteroatoms. The number of hydrogen-bond donors (Lipinski definition) is 1. The van der Waals surface area contributed by atoms with E-state index in [1.807, 2.05) is 25.1 Å². The van der Waals surface area contributed by atoms with Crippen LogP contribution in [0.1, 0.15) is 36.5 Å². The first-order chi connectivity index (χ1) is 9.51. The van der Waals surface area contributed by atoms with Gasteiger partial charge < -0.3 is 10.5 Å². The maximum atomic E-state index is 5.98. The Kier molecular flexibility index (Phi) is 4.78. The summed E-state index contributed by atoms with van der Waals surface area (Å²) in [5.41, 5.74) is 8.77. The zero-order chi connectivity index (χ0) is 14.7. The maximum Gasteiger partial charge on any atom is 0.222 e. The van der Waals surface area contributed by atoms with Crippen LogP contribution in [0.3, 0.4) is 0 Å². The van der Waals surface area contributed by atoms with E-state index in [1.54, 1.807) is 6.20 Å². The molecule has 0 atom stereocenters. The highest BCUT2D eigenvalue weighted by Gasteiger charge is 2.11. The molecule has 0 unspecified atom stereocenters. The highest BCUT2D eigenvalue weighted by molar-refractivity contribution is 9.10. The fourth-order valence-corrected chi connectivity index (χ4v) is 2.39. The van der Waals surface area contributed by atoms with Crippen LogP contribution in [0, 0.1) is 6.92 Å². The molecule has 0 radical (unpaired) electrons. The average Bonchev–Trinajstić information content (AvgIpc) is 2.42. The normalized spacial score (nSPS) is 10.9. The number of pyridine rings is 1. The van der Waals surface area contributed by atoms with Crippen molar-refractivity contribution in [3.63, 3.8) is 0 Å². The van der Waals surface area contributed by atoms with Gasteiger partial charge in [0.25, 0.3) is 0 Å². The van der Waals surface area contributed by atoms with Crippen molar-refractivity contribution >= 4 is 15.9 Å². The van der Waals surface area contributed by atoms with Crippen LogP contribution in [0.25, 0.3) is 0 Å². The van der Waals surface area contributed by atoms with Crippen LogP contribution in [0.15, 0.2) is 34.9 Å². The van der Waals surface area contributed by atoms with Crippen molar-refractivity contribution < 1.29 is 4.74 Å². The second-order valence-electron chi connectivity index (χ2n) is 5.11. The maximum absolute atomic E-state index is 5.98. The summed E-state index contributed by atoms with van der Waals surface area (Å²) in [5, 5.41) is 0. The molecule has 0 aliphatic heterocycles. The number of nitrogens with two attached hydrogens (primary N) is 1. The van der Waals surface area contributed by atoms with Gasteiger partial charge >= 0.3 is 0 Å². The predicted molar refractivity (Wildman–Crippen MR) is 85.2 cm³/mol. The quantitative estimate of drug-likeness (QED) is 0.893. The lowest BCUT2D eigenvalue weighted by atomic mass is 10.0. The number of aryl methyl sites for hydroxylation is 1. The molecule has 3 nitrogen and oxygen atoms in total. The van der Waals surface area contributed by atoms with Gasteiger partial charge in [0.05, 0.1) is 0 Å². The molecule has 0 aliphatic carbocycles. The molecule has 0 spiro atoms. The van der Waals surface area contributed by atoms with Crippen molar-refractivity contribution in [2.45, 2.75) is 33.2 Å². The van der Waals surface area contributed by atoms with E-state index in [0.717, 1.165) is 26.9 Å². The molecule has 106 valence electrons. The number of hydrogen-bond acceptors (Lipinski definition) is 3. The minimum Gasteiger partial charge on any atom is -0.438 e. The smallest absolute Gasteiger partial charge is 0.222 e. The predicted octanol–water partition coefficient (Wildman–Crippen LogP) is 4.53. The summed E-state index contributed by atoms with van der Waals surface area (Å²) in [4.78, 5) is 4.35. The fraction of sp³-hybridized carbons (Fsp3) is 0.312. The van der Waals surface area contributed by atoms with E-state index in [0.29, 0.717) is 18.3 Å². The van der Waals surface area contributed by atoms with Crippen LogP contribution in [0.2, 0.25) is 0 Å². The third-order valence-electron chi connectivity index (χ3n) is 3.12. The van der Waals surface area contributed by atoms with Gasteiger partial charge in [-0.15, -0.1) is 0 Å². The minimum absolute atomic E-state index is 0.381. The average molecular weight is 335 g/mol. The molecule has 0 saturated carbocycles. The Morgan fingerprint density at radius 2 is 2.05 bits per heavy atom. The van der Waals surface area contributed by atoms with Gasteiger partial charge in [0.1, 0.15) is 5.75 Å². The molecule has 1 aromatic heterocycles. The molecule has 2 rings (SSSR count). The van der Waals surface area contributed by atoms with Gasteiger partial charge in [-0.25, -0.2) is 4.98 Å². The Balaban J connectivity index is 2.35. The molecule has 2 aromatic rings. The Morgan fingerprint density at radius 3 is 2.65 bits per heavy atom. The summed E-state index contributed by atoms with van der Waals surface area (Å²) in [5.74, 6) is 1.86. The van der Waals surface area contributed by atoms with Crippen LogP contribution in [0.4, 0.5) is 0 Å². The lowest BCUT2D eigenvalue weighted by Gasteiger charge is -2.15. The SMILES string of the molecule is Cc1cc(CN)cnc1Oc1ccc(Br)cc1C(C)C. The summed E-state index contributed by atoms with van der Waals surface area (Å²) < 4.78 is 7.04. The van der Waals surface area contributed by atoms with Crippen molar-refractivity contribution in [3.05, 3.63) is 51.6 Å². The van der Waals surface area contributed by atoms with Crippen molar-refractivity contribution in [3.8, 4) is 11.6 Å². The largest absolute Gasteiger partial charge is 0.438 e. The molecular weight excluding hydrogens is 316 g/mol. The highest BCUT2D eigenvalue weighted by Crippen LogP contribution is 2.33. The monoisotopic (exact) mass is 334 g/mol. The first-order valence-electron chi connectivity index (χ1n) is 6.64. The van der Waals surface area contributed by atoms with E-state index >= 15 is 0 Å². The number of aromatic nitrogens is 1. The first-order valence-corrected chi connectivity index (χ1v) is 7.43. The summed E-state index contributed by atoms with van der Waals surface area (Å²) in [7, 11) is 0. The van der Waals surface area contributed by atoms with Gasteiger partial charge in [-0.3, -0.25) is 0 Å². The van der Waals surface area contributed by atoms with Gasteiger partial charge in [-0.1, -0.05) is 29.8 Å². The topological polar surface area (TPSA) is 48.1 Å². The molecular formula is C16H19BrN2O. The van der Waals surface area contributed by atoms with E-state index in [4.69, 9.17) is 10.5 Å². The van der Waals surface area contributed by atoms with E-state index in [9.17, 15) is 0 Å². The van der Waals surface area contributed by atoms with Crippen LogP contribution < -0.4 is 10.5 Å². The van der Waals surface area contributed by atoms with Gasteiger partial charge in [0.15, 0.2) is 0 Å². The fourth-order valence-electron chi connectivity index (χ4n) is 2.01. The molecule has 0 fully saturated rings. The van der Waals surface area contributed by atoms with Crippen LogP contribution >= 0.6 is 15.9 Å². The van der Waals surface area contributed by atoms with Crippen molar-refractivity contribution in [1.82, 2.24) is 4.98 Å². The van der Waals surface area contributed by atoms with Crippen LogP contribution in [-0.4, -0.2) is 4.98 Å². The molecule has 1 aromatic carbocycles. The van der Waals surface area contributed by atoms with Crippen LogP contribution in [-0.2, 0) is 6.54 Å². The third kappa shape index (κ3) is 3.38. The molecule has 0 aliphatic rings. The first kappa shape index (κ1) is 15.0. The molecule has 2 N–H and O–H groups in total. The lowest BCUT2D eigenvalue weighted by Crippen LogP contribution is -2.01. The van der Waals surface area contributed by atoms with E-state index < -0.39 is 0 Å². The number of benzene rings is 1. The molecule has 0 saturated heterocycles. The summed E-state index contributed by atoms with van der Waals surface area (Å²) >= 11 is 3.50. The van der Waals surface area contributed by atoms with E-state index in [1.165, 1.54) is 0 Å². The zero-order valence-corrected chi connectivity index (χ0v) is 13.6.